The van der Waals surface area contributed by atoms with Crippen LogP contribution in [0.15, 0.2) is 30.3 Å². The van der Waals surface area contributed by atoms with Crippen LogP contribution in [-0.4, -0.2) is 42.1 Å². The molecule has 1 aliphatic heterocycles. The van der Waals surface area contributed by atoms with E-state index < -0.39 is 0 Å². The highest BCUT2D eigenvalue weighted by atomic mass is 32.2. The fourth-order valence-electron chi connectivity index (χ4n) is 3.00. The van der Waals surface area contributed by atoms with Crippen LogP contribution in [0.3, 0.4) is 0 Å². The summed E-state index contributed by atoms with van der Waals surface area (Å²) in [5.74, 6) is 1.23. The molecule has 1 aliphatic rings. The van der Waals surface area contributed by atoms with Crippen molar-refractivity contribution < 1.29 is 0 Å². The largest absolute Gasteiger partial charge is 0.309 e. The van der Waals surface area contributed by atoms with E-state index in [1.807, 2.05) is 11.8 Å². The van der Waals surface area contributed by atoms with E-state index in [4.69, 9.17) is 0 Å². The smallest absolute Gasteiger partial charge is 0.0234 e. The third-order valence-electron chi connectivity index (χ3n) is 4.09. The highest BCUT2D eigenvalue weighted by molar-refractivity contribution is 7.98. The van der Waals surface area contributed by atoms with Crippen molar-refractivity contribution in [3.63, 3.8) is 0 Å². The van der Waals surface area contributed by atoms with Crippen molar-refractivity contribution in [3.8, 4) is 0 Å². The fourth-order valence-corrected chi connectivity index (χ4v) is 3.73. The molecule has 1 heterocycles. The molecule has 0 amide bonds. The minimum atomic E-state index is 0.671. The Bertz CT molecular complexity index is 369. The van der Waals surface area contributed by atoms with Crippen LogP contribution >= 0.6 is 11.8 Å². The predicted molar refractivity (Wildman–Crippen MR) is 90.3 cm³/mol. The molecule has 2 nitrogen and oxygen atoms in total. The van der Waals surface area contributed by atoms with Crippen molar-refractivity contribution in [2.24, 2.45) is 0 Å². The van der Waals surface area contributed by atoms with Gasteiger partial charge in [0, 0.05) is 30.9 Å². The van der Waals surface area contributed by atoms with Gasteiger partial charge < -0.3 is 5.32 Å². The number of nitrogens with one attached hydrogen (secondary N) is 1. The first kappa shape index (κ1) is 15.9. The Balaban J connectivity index is 1.82. The van der Waals surface area contributed by atoms with Crippen LogP contribution in [0.25, 0.3) is 0 Å². The number of hydrogen-bond donors (Lipinski definition) is 1. The molecule has 2 atom stereocenters. The quantitative estimate of drug-likeness (QED) is 0.829. The van der Waals surface area contributed by atoms with Crippen LogP contribution in [0.1, 0.15) is 31.7 Å². The second-order valence-electron chi connectivity index (χ2n) is 5.79. The van der Waals surface area contributed by atoms with Crippen molar-refractivity contribution in [2.75, 3.05) is 25.1 Å². The molecule has 2 unspecified atom stereocenters. The molecule has 1 aromatic rings. The van der Waals surface area contributed by atoms with Crippen molar-refractivity contribution in [3.05, 3.63) is 35.9 Å². The second-order valence-corrected chi connectivity index (χ2v) is 6.70. The van der Waals surface area contributed by atoms with Crippen LogP contribution in [0, 0.1) is 0 Å². The number of piperidine rings is 1. The standard InChI is InChI=1S/C17H28N2S/c1-3-16(14-20-2)18-17-10-7-11-19(13-17)12-15-8-5-4-6-9-15/h4-6,8-9,16-18H,3,7,10-14H2,1-2H3. The monoisotopic (exact) mass is 292 g/mol. The third kappa shape index (κ3) is 5.12. The van der Waals surface area contributed by atoms with E-state index in [0.717, 1.165) is 6.54 Å². The second kappa shape index (κ2) is 8.71. The van der Waals surface area contributed by atoms with Crippen LogP contribution in [0.2, 0.25) is 0 Å². The zero-order valence-electron chi connectivity index (χ0n) is 12.8. The molecule has 3 heteroatoms. The van der Waals surface area contributed by atoms with E-state index in [9.17, 15) is 0 Å². The first-order valence-corrected chi connectivity index (χ1v) is 9.22. The Hall–Kier alpha value is -0.510. The molecule has 1 fully saturated rings. The number of rotatable bonds is 7. The summed E-state index contributed by atoms with van der Waals surface area (Å²) in [7, 11) is 0. The summed E-state index contributed by atoms with van der Waals surface area (Å²) in [6, 6.07) is 12.2. The zero-order chi connectivity index (χ0) is 14.2. The molecular formula is C17H28N2S. The Morgan fingerprint density at radius 2 is 2.15 bits per heavy atom. The lowest BCUT2D eigenvalue weighted by molar-refractivity contribution is 0.177. The van der Waals surface area contributed by atoms with E-state index in [1.165, 1.54) is 43.7 Å². The van der Waals surface area contributed by atoms with Crippen molar-refractivity contribution in [1.82, 2.24) is 10.2 Å². The number of hydrogen-bond acceptors (Lipinski definition) is 3. The van der Waals surface area contributed by atoms with Crippen LogP contribution in [-0.2, 0) is 6.54 Å². The van der Waals surface area contributed by atoms with Gasteiger partial charge in [0.1, 0.15) is 0 Å². The Morgan fingerprint density at radius 3 is 2.85 bits per heavy atom. The molecular weight excluding hydrogens is 264 g/mol. The van der Waals surface area contributed by atoms with Gasteiger partial charge in [-0.05, 0) is 37.6 Å². The summed E-state index contributed by atoms with van der Waals surface area (Å²) in [6.45, 7) is 5.82. The molecule has 0 radical (unpaired) electrons. The van der Waals surface area contributed by atoms with E-state index in [0.29, 0.717) is 12.1 Å². The first-order valence-electron chi connectivity index (χ1n) is 7.83. The van der Waals surface area contributed by atoms with Gasteiger partial charge in [-0.15, -0.1) is 0 Å². The molecule has 1 saturated heterocycles. The van der Waals surface area contributed by atoms with Gasteiger partial charge in [0.15, 0.2) is 0 Å². The number of thioether (sulfide) groups is 1. The van der Waals surface area contributed by atoms with Crippen molar-refractivity contribution in [2.45, 2.75) is 44.8 Å². The average molecular weight is 292 g/mol. The molecule has 112 valence electrons. The molecule has 2 rings (SSSR count). The van der Waals surface area contributed by atoms with Gasteiger partial charge in [-0.1, -0.05) is 37.3 Å². The Morgan fingerprint density at radius 1 is 1.35 bits per heavy atom. The zero-order valence-corrected chi connectivity index (χ0v) is 13.7. The number of likely N-dealkylation sites (tertiary alicyclic amines) is 1. The lowest BCUT2D eigenvalue weighted by Crippen LogP contribution is -2.49. The summed E-state index contributed by atoms with van der Waals surface area (Å²) < 4.78 is 0. The molecule has 20 heavy (non-hydrogen) atoms. The van der Waals surface area contributed by atoms with Gasteiger partial charge in [-0.2, -0.15) is 11.8 Å². The summed E-state index contributed by atoms with van der Waals surface area (Å²) in [6.07, 6.45) is 6.08. The third-order valence-corrected chi connectivity index (χ3v) is 4.82. The molecule has 1 N–H and O–H groups in total. The molecule has 0 saturated carbocycles. The minimum absolute atomic E-state index is 0.671. The van der Waals surface area contributed by atoms with Gasteiger partial charge in [0.2, 0.25) is 0 Å². The van der Waals surface area contributed by atoms with Gasteiger partial charge in [-0.3, -0.25) is 4.90 Å². The van der Waals surface area contributed by atoms with Gasteiger partial charge in [-0.25, -0.2) is 0 Å². The van der Waals surface area contributed by atoms with Crippen LogP contribution < -0.4 is 5.32 Å². The lowest BCUT2D eigenvalue weighted by atomic mass is 10.0. The highest BCUT2D eigenvalue weighted by Gasteiger charge is 2.21. The maximum Gasteiger partial charge on any atom is 0.0234 e. The van der Waals surface area contributed by atoms with Crippen molar-refractivity contribution >= 4 is 11.8 Å². The molecule has 0 aromatic heterocycles. The number of benzene rings is 1. The summed E-state index contributed by atoms with van der Waals surface area (Å²) >= 11 is 1.95. The minimum Gasteiger partial charge on any atom is -0.309 e. The summed E-state index contributed by atoms with van der Waals surface area (Å²) in [5, 5.41) is 3.86. The first-order chi connectivity index (χ1) is 9.81. The van der Waals surface area contributed by atoms with Crippen LogP contribution in [0.4, 0.5) is 0 Å². The topological polar surface area (TPSA) is 15.3 Å². The Kier molecular flexibility index (Phi) is 6.91. The predicted octanol–water partition coefficient (Wildman–Crippen LogP) is 3.38. The Labute approximate surface area is 128 Å². The summed E-state index contributed by atoms with van der Waals surface area (Å²) in [5.41, 5.74) is 1.43. The lowest BCUT2D eigenvalue weighted by Gasteiger charge is -2.35. The van der Waals surface area contributed by atoms with Gasteiger partial charge >= 0.3 is 0 Å². The molecule has 1 aromatic carbocycles. The highest BCUT2D eigenvalue weighted by Crippen LogP contribution is 2.15. The normalized spacial score (nSPS) is 21.8. The molecule has 0 aliphatic carbocycles. The maximum absolute atomic E-state index is 3.86. The van der Waals surface area contributed by atoms with E-state index in [2.05, 4.69) is 53.7 Å². The van der Waals surface area contributed by atoms with Gasteiger partial charge in [0.05, 0.1) is 0 Å². The maximum atomic E-state index is 3.86. The fraction of sp³-hybridized carbons (Fsp3) is 0.647. The average Bonchev–Trinajstić information content (AvgIpc) is 2.48. The molecule has 0 spiro atoms. The van der Waals surface area contributed by atoms with E-state index in [1.54, 1.807) is 0 Å². The van der Waals surface area contributed by atoms with Crippen molar-refractivity contribution in [1.29, 1.82) is 0 Å². The summed E-state index contributed by atoms with van der Waals surface area (Å²) in [4.78, 5) is 2.60. The van der Waals surface area contributed by atoms with Gasteiger partial charge in [0.25, 0.3) is 0 Å². The van der Waals surface area contributed by atoms with Crippen LogP contribution in [0.5, 0.6) is 0 Å². The van der Waals surface area contributed by atoms with E-state index in [-0.39, 0.29) is 0 Å². The SMILES string of the molecule is CCC(CSC)NC1CCCN(Cc2ccccc2)C1. The number of nitrogens with zero attached hydrogens (tertiary/aromatic N) is 1. The van der Waals surface area contributed by atoms with E-state index >= 15 is 0 Å². The molecule has 0 bridgehead atoms.